The number of aromatic hydroxyl groups is 1. The van der Waals surface area contributed by atoms with E-state index in [0.717, 1.165) is 16.2 Å². The number of imide groups is 1. The number of anilines is 1. The van der Waals surface area contributed by atoms with Crippen LogP contribution < -0.4 is 14.5 Å². The number of amides is 2. The Morgan fingerprint density at radius 3 is 2.59 bits per heavy atom. The summed E-state index contributed by atoms with van der Waals surface area (Å²) in [5, 5.41) is 9.92. The number of carbonyl (C=O) groups is 2. The molecule has 2 aliphatic heterocycles. The molecule has 0 aliphatic carbocycles. The maximum Gasteiger partial charge on any atom is 0.305 e. The third-order valence-corrected chi connectivity index (χ3v) is 7.95. The number of hydrogen-bond acceptors (Lipinski definition) is 7. The Bertz CT molecular complexity index is 1290. The summed E-state index contributed by atoms with van der Waals surface area (Å²) in [5.41, 5.74) is 0.952. The van der Waals surface area contributed by atoms with Gasteiger partial charge in [-0.25, -0.2) is 9.29 Å². The highest BCUT2D eigenvalue weighted by Crippen LogP contribution is 2.53. The zero-order valence-electron chi connectivity index (χ0n) is 16.7. The van der Waals surface area contributed by atoms with Gasteiger partial charge in [0.15, 0.2) is 11.5 Å². The highest BCUT2D eigenvalue weighted by atomic mass is 32.2. The summed E-state index contributed by atoms with van der Waals surface area (Å²) in [7, 11) is 0. The summed E-state index contributed by atoms with van der Waals surface area (Å²) in [4.78, 5) is 43.2. The number of thioether (sulfide) groups is 1. The molecule has 7 nitrogen and oxygen atoms in total. The minimum absolute atomic E-state index is 0.0402. The van der Waals surface area contributed by atoms with Crippen molar-refractivity contribution in [2.45, 2.75) is 23.1 Å². The van der Waals surface area contributed by atoms with Crippen molar-refractivity contribution in [2.75, 3.05) is 11.5 Å². The molecule has 1 fully saturated rings. The van der Waals surface area contributed by atoms with Crippen LogP contribution in [0.15, 0.2) is 52.3 Å². The summed E-state index contributed by atoms with van der Waals surface area (Å²) in [5.74, 6) is -2.43. The molecule has 2 N–H and O–H groups in total. The first-order valence-electron chi connectivity index (χ1n) is 9.87. The number of thiazole rings is 1. The van der Waals surface area contributed by atoms with Gasteiger partial charge in [0.25, 0.3) is 0 Å². The second kappa shape index (κ2) is 7.79. The van der Waals surface area contributed by atoms with Crippen LogP contribution in [-0.4, -0.2) is 33.8 Å². The maximum atomic E-state index is 13.5. The topological polar surface area (TPSA) is 99.7 Å². The highest BCUT2D eigenvalue weighted by molar-refractivity contribution is 8.00. The van der Waals surface area contributed by atoms with Gasteiger partial charge in [-0.2, -0.15) is 0 Å². The van der Waals surface area contributed by atoms with E-state index in [2.05, 4.69) is 4.98 Å². The van der Waals surface area contributed by atoms with Gasteiger partial charge in [-0.05, 0) is 48.9 Å². The largest absolute Gasteiger partial charge is 0.504 e. The quantitative estimate of drug-likeness (QED) is 0.564. The molecule has 2 aliphatic rings. The lowest BCUT2D eigenvalue weighted by Crippen LogP contribution is -2.32. The van der Waals surface area contributed by atoms with E-state index in [0.29, 0.717) is 27.8 Å². The number of ether oxygens (including phenoxy) is 1. The molecule has 0 saturated carbocycles. The molecule has 1 saturated heterocycles. The van der Waals surface area contributed by atoms with Gasteiger partial charge in [0.1, 0.15) is 11.1 Å². The fraction of sp³-hybridized carbons (Fsp3) is 0.227. The van der Waals surface area contributed by atoms with E-state index < -0.39 is 34.7 Å². The van der Waals surface area contributed by atoms with Crippen LogP contribution in [0.3, 0.4) is 0 Å². The van der Waals surface area contributed by atoms with Crippen molar-refractivity contribution in [3.63, 3.8) is 0 Å². The van der Waals surface area contributed by atoms with E-state index in [-0.39, 0.29) is 16.4 Å². The van der Waals surface area contributed by atoms with Gasteiger partial charge in [-0.1, -0.05) is 29.2 Å². The molecule has 32 heavy (non-hydrogen) atoms. The van der Waals surface area contributed by atoms with E-state index in [4.69, 9.17) is 4.74 Å². The number of phenols is 1. The summed E-state index contributed by atoms with van der Waals surface area (Å²) >= 11 is 2.17. The molecule has 2 aromatic carbocycles. The molecule has 0 radical (unpaired) electrons. The van der Waals surface area contributed by atoms with Crippen LogP contribution in [0.1, 0.15) is 23.3 Å². The van der Waals surface area contributed by atoms with Gasteiger partial charge in [-0.15, -0.1) is 0 Å². The Hall–Kier alpha value is -3.11. The maximum absolute atomic E-state index is 13.5. The van der Waals surface area contributed by atoms with E-state index in [1.807, 2.05) is 0 Å². The van der Waals surface area contributed by atoms with Crippen LogP contribution in [0.5, 0.6) is 11.5 Å². The zero-order chi connectivity index (χ0) is 22.6. The van der Waals surface area contributed by atoms with Crippen molar-refractivity contribution in [1.29, 1.82) is 0 Å². The van der Waals surface area contributed by atoms with Gasteiger partial charge in [-0.3, -0.25) is 14.4 Å². The minimum atomic E-state index is -0.768. The first-order chi connectivity index (χ1) is 15.4. The predicted octanol–water partition coefficient (Wildman–Crippen LogP) is 3.48. The van der Waals surface area contributed by atoms with Crippen molar-refractivity contribution in [2.24, 2.45) is 5.92 Å². The molecule has 0 bridgehead atoms. The number of benzene rings is 2. The van der Waals surface area contributed by atoms with E-state index in [1.165, 1.54) is 42.1 Å². The van der Waals surface area contributed by atoms with Crippen LogP contribution in [0, 0.1) is 11.7 Å². The molecule has 2 amide bonds. The average molecular weight is 473 g/mol. The molecule has 0 spiro atoms. The fourth-order valence-electron chi connectivity index (χ4n) is 4.22. The molecule has 3 heterocycles. The van der Waals surface area contributed by atoms with Crippen LogP contribution in [-0.2, 0) is 9.59 Å². The molecule has 1 aromatic heterocycles. The number of rotatable bonds is 4. The van der Waals surface area contributed by atoms with Crippen LogP contribution in [0.2, 0.25) is 0 Å². The van der Waals surface area contributed by atoms with E-state index in [9.17, 15) is 23.9 Å². The van der Waals surface area contributed by atoms with Crippen LogP contribution in [0.25, 0.3) is 0 Å². The van der Waals surface area contributed by atoms with Gasteiger partial charge >= 0.3 is 4.87 Å². The summed E-state index contributed by atoms with van der Waals surface area (Å²) in [6.07, 6.45) is 0. The molecule has 2 unspecified atom stereocenters. The molecule has 3 aromatic rings. The SMILES string of the molecule is CCOc1cc([C@H]2c3sc(=O)[nH]c3SC3C(=O)N(c4ccc(F)cc4)C(=O)C32)ccc1O. The second-order valence-electron chi connectivity index (χ2n) is 7.40. The number of carbonyl (C=O) groups excluding carboxylic acids is 2. The lowest BCUT2D eigenvalue weighted by atomic mass is 9.83. The van der Waals surface area contributed by atoms with Crippen LogP contribution in [0.4, 0.5) is 10.1 Å². The Balaban J connectivity index is 1.64. The number of nitrogens with one attached hydrogen (secondary N) is 1. The fourth-order valence-corrected chi connectivity index (χ4v) is 6.73. The summed E-state index contributed by atoms with van der Waals surface area (Å²) < 4.78 is 18.9. The number of hydrogen-bond donors (Lipinski definition) is 2. The number of halogens is 1. The Kier molecular flexibility index (Phi) is 5.06. The Morgan fingerprint density at radius 1 is 1.12 bits per heavy atom. The van der Waals surface area contributed by atoms with Gasteiger partial charge in [0, 0.05) is 10.8 Å². The minimum Gasteiger partial charge on any atom is -0.504 e. The first-order valence-corrected chi connectivity index (χ1v) is 11.6. The first kappa shape index (κ1) is 20.8. The average Bonchev–Trinajstić information content (AvgIpc) is 3.25. The third-order valence-electron chi connectivity index (χ3n) is 5.55. The smallest absolute Gasteiger partial charge is 0.305 e. The Morgan fingerprint density at radius 2 is 1.88 bits per heavy atom. The number of fused-ring (bicyclic) bond motifs is 2. The standard InChI is InChI=1S/C22H17FN2O5S2/c1-2-30-14-9-10(3-8-13(14)26)15-16-18(31-19-17(15)32-22(29)24-19)21(28)25(20(16)27)12-6-4-11(23)5-7-12/h3-9,15-16,18,26H,2H2,1H3,(H,24,29)/t15-,16?,18?/m1/s1. The molecular weight excluding hydrogens is 455 g/mol. The zero-order valence-corrected chi connectivity index (χ0v) is 18.3. The normalized spacial score (nSPS) is 22.1. The number of aromatic nitrogens is 1. The lowest BCUT2D eigenvalue weighted by molar-refractivity contribution is -0.122. The Labute approximate surface area is 189 Å². The highest BCUT2D eigenvalue weighted by Gasteiger charge is 2.56. The van der Waals surface area contributed by atoms with Gasteiger partial charge in [0.05, 0.1) is 23.2 Å². The van der Waals surface area contributed by atoms with E-state index >= 15 is 0 Å². The molecule has 3 atom stereocenters. The summed E-state index contributed by atoms with van der Waals surface area (Å²) in [6.45, 7) is 2.12. The monoisotopic (exact) mass is 472 g/mol. The third kappa shape index (κ3) is 3.21. The molecule has 164 valence electrons. The predicted molar refractivity (Wildman–Crippen MR) is 118 cm³/mol. The number of nitrogens with zero attached hydrogens (tertiary/aromatic N) is 1. The second-order valence-corrected chi connectivity index (χ2v) is 9.56. The van der Waals surface area contributed by atoms with Crippen molar-refractivity contribution in [3.8, 4) is 11.5 Å². The van der Waals surface area contributed by atoms with Crippen molar-refractivity contribution >= 4 is 40.6 Å². The van der Waals surface area contributed by atoms with Gasteiger partial charge < -0.3 is 14.8 Å². The molecule has 5 rings (SSSR count). The van der Waals surface area contributed by atoms with Crippen molar-refractivity contribution in [1.82, 2.24) is 4.98 Å². The number of aromatic amines is 1. The summed E-state index contributed by atoms with van der Waals surface area (Å²) in [6, 6.07) is 9.98. The molecular formula is C22H17FN2O5S2. The molecule has 10 heteroatoms. The van der Waals surface area contributed by atoms with E-state index in [1.54, 1.807) is 19.1 Å². The lowest BCUT2D eigenvalue weighted by Gasteiger charge is -2.30. The number of phenolic OH excluding ortho intramolecular Hbond substituents is 1. The van der Waals surface area contributed by atoms with Crippen molar-refractivity contribution in [3.05, 3.63) is 68.4 Å². The van der Waals surface area contributed by atoms with Gasteiger partial charge in [0.2, 0.25) is 11.8 Å². The number of H-pyrrole nitrogens is 1. The van der Waals surface area contributed by atoms with Crippen LogP contribution >= 0.6 is 23.1 Å². The van der Waals surface area contributed by atoms with Crippen molar-refractivity contribution < 1.29 is 23.8 Å².